The maximum atomic E-state index is 13.9. The van der Waals surface area contributed by atoms with Crippen LogP contribution in [-0.4, -0.2) is 39.2 Å². The van der Waals surface area contributed by atoms with Crippen LogP contribution in [0.15, 0.2) is 18.2 Å². The molecule has 1 N–H and O–H groups in total. The summed E-state index contributed by atoms with van der Waals surface area (Å²) >= 11 is 0. The summed E-state index contributed by atoms with van der Waals surface area (Å²) in [5.41, 5.74) is 1.03. The van der Waals surface area contributed by atoms with E-state index in [0.29, 0.717) is 11.7 Å². The highest BCUT2D eigenvalue weighted by Crippen LogP contribution is 2.33. The van der Waals surface area contributed by atoms with Gasteiger partial charge in [0.2, 0.25) is 0 Å². The molecular weight excluding hydrogens is 243 g/mol. The standard InChI is InChI=1S/C15H23FN2O/c1-18(2)15(12-5-4-8-17-10-12)11-6-7-14(19-3)13(16)9-11/h6-7,9,12,15,17H,4-5,8,10H2,1-3H3. The van der Waals surface area contributed by atoms with Crippen LogP contribution in [0.1, 0.15) is 24.4 Å². The van der Waals surface area contributed by atoms with E-state index in [0.717, 1.165) is 18.7 Å². The average Bonchev–Trinajstić information content (AvgIpc) is 2.40. The highest BCUT2D eigenvalue weighted by atomic mass is 19.1. The molecule has 19 heavy (non-hydrogen) atoms. The van der Waals surface area contributed by atoms with Crippen molar-refractivity contribution in [2.75, 3.05) is 34.3 Å². The number of piperidine rings is 1. The number of nitrogens with zero attached hydrogens (tertiary/aromatic N) is 1. The minimum atomic E-state index is -0.282. The molecule has 0 aliphatic carbocycles. The largest absolute Gasteiger partial charge is 0.494 e. The van der Waals surface area contributed by atoms with Gasteiger partial charge in [0.1, 0.15) is 0 Å². The van der Waals surface area contributed by atoms with Gasteiger partial charge in [-0.25, -0.2) is 4.39 Å². The van der Waals surface area contributed by atoms with Gasteiger partial charge in [-0.1, -0.05) is 6.07 Å². The first-order valence-corrected chi connectivity index (χ1v) is 6.84. The van der Waals surface area contributed by atoms with Crippen molar-refractivity contribution in [1.29, 1.82) is 0 Å². The summed E-state index contributed by atoms with van der Waals surface area (Å²) in [4.78, 5) is 2.18. The fraction of sp³-hybridized carbons (Fsp3) is 0.600. The Balaban J connectivity index is 2.25. The van der Waals surface area contributed by atoms with Crippen molar-refractivity contribution in [3.8, 4) is 5.75 Å². The van der Waals surface area contributed by atoms with Gasteiger partial charge in [0.15, 0.2) is 11.6 Å². The molecule has 0 bridgehead atoms. The molecule has 0 aromatic heterocycles. The maximum Gasteiger partial charge on any atom is 0.165 e. The molecule has 0 spiro atoms. The third kappa shape index (κ3) is 3.25. The second-order valence-electron chi connectivity index (χ2n) is 5.41. The fourth-order valence-electron chi connectivity index (χ4n) is 3.01. The van der Waals surface area contributed by atoms with E-state index >= 15 is 0 Å². The molecule has 2 unspecified atom stereocenters. The molecule has 1 heterocycles. The maximum absolute atomic E-state index is 13.9. The molecule has 0 radical (unpaired) electrons. The van der Waals surface area contributed by atoms with Crippen LogP contribution in [0.4, 0.5) is 4.39 Å². The molecule has 0 amide bonds. The van der Waals surface area contributed by atoms with Crippen LogP contribution in [0.5, 0.6) is 5.75 Å². The monoisotopic (exact) mass is 266 g/mol. The molecule has 0 saturated carbocycles. The van der Waals surface area contributed by atoms with E-state index in [9.17, 15) is 4.39 Å². The number of methoxy groups -OCH3 is 1. The molecule has 1 aliphatic rings. The number of hydrogen-bond acceptors (Lipinski definition) is 3. The predicted octanol–water partition coefficient (Wildman–Crippen LogP) is 2.44. The molecule has 1 saturated heterocycles. The van der Waals surface area contributed by atoms with Gasteiger partial charge in [-0.15, -0.1) is 0 Å². The number of ether oxygens (including phenoxy) is 1. The van der Waals surface area contributed by atoms with E-state index in [4.69, 9.17) is 4.74 Å². The molecule has 4 heteroatoms. The third-order valence-electron chi connectivity index (χ3n) is 3.86. The first kappa shape index (κ1) is 14.3. The van der Waals surface area contributed by atoms with Crippen LogP contribution >= 0.6 is 0 Å². The lowest BCUT2D eigenvalue weighted by Crippen LogP contribution is -2.38. The van der Waals surface area contributed by atoms with Crippen molar-refractivity contribution in [2.24, 2.45) is 5.92 Å². The number of benzene rings is 1. The summed E-state index contributed by atoms with van der Waals surface area (Å²) in [5.74, 6) is 0.551. The number of nitrogens with one attached hydrogen (secondary N) is 1. The zero-order valence-electron chi connectivity index (χ0n) is 11.9. The van der Waals surface area contributed by atoms with Gasteiger partial charge in [-0.05, 0) is 63.6 Å². The van der Waals surface area contributed by atoms with Gasteiger partial charge < -0.3 is 15.0 Å². The van der Waals surface area contributed by atoms with Crippen LogP contribution in [0.2, 0.25) is 0 Å². The molecule has 2 rings (SSSR count). The first-order valence-electron chi connectivity index (χ1n) is 6.84. The lowest BCUT2D eigenvalue weighted by molar-refractivity contribution is 0.181. The highest BCUT2D eigenvalue weighted by molar-refractivity contribution is 5.31. The molecule has 106 valence electrons. The second-order valence-corrected chi connectivity index (χ2v) is 5.41. The summed E-state index contributed by atoms with van der Waals surface area (Å²) in [5, 5.41) is 3.43. The van der Waals surface area contributed by atoms with Crippen LogP contribution in [0.3, 0.4) is 0 Å². The van der Waals surface area contributed by atoms with E-state index in [1.165, 1.54) is 20.0 Å². The van der Waals surface area contributed by atoms with E-state index < -0.39 is 0 Å². The van der Waals surface area contributed by atoms with Gasteiger partial charge in [0.25, 0.3) is 0 Å². The number of rotatable bonds is 4. The Kier molecular flexibility index (Phi) is 4.77. The molecule has 1 aliphatic heterocycles. The van der Waals surface area contributed by atoms with Crippen LogP contribution in [0, 0.1) is 11.7 Å². The second kappa shape index (κ2) is 6.35. The van der Waals surface area contributed by atoms with Crippen molar-refractivity contribution in [3.05, 3.63) is 29.6 Å². The number of halogens is 1. The van der Waals surface area contributed by atoms with Crippen LogP contribution < -0.4 is 10.1 Å². The Hall–Kier alpha value is -1.13. The minimum Gasteiger partial charge on any atom is -0.494 e. The van der Waals surface area contributed by atoms with E-state index in [1.54, 1.807) is 12.1 Å². The molecule has 3 nitrogen and oxygen atoms in total. The summed E-state index contributed by atoms with van der Waals surface area (Å²) in [6, 6.07) is 5.55. The van der Waals surface area contributed by atoms with Crippen LogP contribution in [0.25, 0.3) is 0 Å². The van der Waals surface area contributed by atoms with Crippen molar-refractivity contribution in [1.82, 2.24) is 10.2 Å². The van der Waals surface area contributed by atoms with Crippen molar-refractivity contribution < 1.29 is 9.13 Å². The lowest BCUT2D eigenvalue weighted by Gasteiger charge is -2.35. The van der Waals surface area contributed by atoms with E-state index in [2.05, 4.69) is 24.3 Å². The third-order valence-corrected chi connectivity index (χ3v) is 3.86. The minimum absolute atomic E-state index is 0.244. The Morgan fingerprint density at radius 1 is 1.42 bits per heavy atom. The summed E-state index contributed by atoms with van der Waals surface area (Å²) < 4.78 is 18.9. The molecule has 2 atom stereocenters. The van der Waals surface area contributed by atoms with Gasteiger partial charge in [-0.2, -0.15) is 0 Å². The summed E-state index contributed by atoms with van der Waals surface area (Å²) in [7, 11) is 5.61. The zero-order valence-corrected chi connectivity index (χ0v) is 11.9. The number of hydrogen-bond donors (Lipinski definition) is 1. The summed E-state index contributed by atoms with van der Waals surface area (Å²) in [6.07, 6.45) is 2.37. The topological polar surface area (TPSA) is 24.5 Å². The Bertz CT molecular complexity index is 417. The Labute approximate surface area is 114 Å². The molecule has 1 aromatic rings. The fourth-order valence-corrected chi connectivity index (χ4v) is 3.01. The van der Waals surface area contributed by atoms with Crippen LogP contribution in [-0.2, 0) is 0 Å². The van der Waals surface area contributed by atoms with Gasteiger partial charge in [0, 0.05) is 6.04 Å². The lowest BCUT2D eigenvalue weighted by atomic mass is 9.86. The van der Waals surface area contributed by atoms with Gasteiger partial charge >= 0.3 is 0 Å². The normalized spacial score (nSPS) is 21.4. The first-order chi connectivity index (χ1) is 9.13. The van der Waals surface area contributed by atoms with E-state index in [1.807, 2.05) is 6.07 Å². The smallest absolute Gasteiger partial charge is 0.165 e. The SMILES string of the molecule is COc1ccc(C(C2CCCNC2)N(C)C)cc1F. The Morgan fingerprint density at radius 2 is 2.21 bits per heavy atom. The van der Waals surface area contributed by atoms with Crippen molar-refractivity contribution in [2.45, 2.75) is 18.9 Å². The quantitative estimate of drug-likeness (QED) is 0.906. The molecule has 1 fully saturated rings. The van der Waals surface area contributed by atoms with Crippen molar-refractivity contribution in [3.63, 3.8) is 0 Å². The summed E-state index contributed by atoms with van der Waals surface area (Å²) in [6.45, 7) is 2.09. The highest BCUT2D eigenvalue weighted by Gasteiger charge is 2.27. The average molecular weight is 266 g/mol. The zero-order chi connectivity index (χ0) is 13.8. The predicted molar refractivity (Wildman–Crippen MR) is 75.0 cm³/mol. The van der Waals surface area contributed by atoms with E-state index in [-0.39, 0.29) is 11.9 Å². The van der Waals surface area contributed by atoms with Crippen molar-refractivity contribution >= 4 is 0 Å². The van der Waals surface area contributed by atoms with Gasteiger partial charge in [0.05, 0.1) is 7.11 Å². The molecule has 1 aromatic carbocycles. The molecular formula is C15H23FN2O. The Morgan fingerprint density at radius 3 is 2.74 bits per heavy atom. The van der Waals surface area contributed by atoms with Gasteiger partial charge in [-0.3, -0.25) is 0 Å².